The van der Waals surface area contributed by atoms with Gasteiger partial charge in [0.2, 0.25) is 0 Å². The molecule has 2 atom stereocenters. The second-order valence-corrected chi connectivity index (χ2v) is 4.41. The molecule has 1 saturated carbocycles. The number of nitrogens with zero attached hydrogens (tertiary/aromatic N) is 1. The molecule has 15 heavy (non-hydrogen) atoms. The Balaban J connectivity index is 1.78. The number of hydrogen-bond donors (Lipinski definition) is 1. The van der Waals surface area contributed by atoms with Crippen molar-refractivity contribution in [1.82, 2.24) is 4.90 Å². The summed E-state index contributed by atoms with van der Waals surface area (Å²) in [6.45, 7) is 1.41. The standard InChI is InChI=1S/C12H13NO2/c14-11-5-9(11)7-13-6-8-3-1-2-4-10(8)12(13)15/h1-4,9,11,14H,5-7H2. The van der Waals surface area contributed by atoms with Crippen LogP contribution >= 0.6 is 0 Å². The Kier molecular flexibility index (Phi) is 1.83. The normalized spacial score (nSPS) is 28.1. The van der Waals surface area contributed by atoms with Gasteiger partial charge in [0.1, 0.15) is 0 Å². The number of aliphatic hydroxyl groups excluding tert-OH is 1. The molecule has 78 valence electrons. The number of carbonyl (C=O) groups excluding carboxylic acids is 1. The highest BCUT2D eigenvalue weighted by Crippen LogP contribution is 2.33. The van der Waals surface area contributed by atoms with Crippen LogP contribution in [0.2, 0.25) is 0 Å². The fourth-order valence-electron chi connectivity index (χ4n) is 2.17. The number of amides is 1. The van der Waals surface area contributed by atoms with Gasteiger partial charge in [-0.05, 0) is 18.1 Å². The van der Waals surface area contributed by atoms with Crippen LogP contribution in [0.25, 0.3) is 0 Å². The topological polar surface area (TPSA) is 40.5 Å². The Morgan fingerprint density at radius 2 is 2.13 bits per heavy atom. The molecule has 0 radical (unpaired) electrons. The minimum Gasteiger partial charge on any atom is -0.393 e. The SMILES string of the molecule is O=C1c2ccccc2CN1CC1CC1O. The van der Waals surface area contributed by atoms with Gasteiger partial charge in [-0.2, -0.15) is 0 Å². The first-order valence-electron chi connectivity index (χ1n) is 5.31. The van der Waals surface area contributed by atoms with E-state index in [1.165, 1.54) is 0 Å². The van der Waals surface area contributed by atoms with Crippen molar-refractivity contribution in [3.63, 3.8) is 0 Å². The summed E-state index contributed by atoms with van der Waals surface area (Å²) >= 11 is 0. The molecule has 0 bridgehead atoms. The van der Waals surface area contributed by atoms with Crippen molar-refractivity contribution in [3.05, 3.63) is 35.4 Å². The third kappa shape index (κ3) is 1.43. The van der Waals surface area contributed by atoms with E-state index in [-0.39, 0.29) is 12.0 Å². The lowest BCUT2D eigenvalue weighted by atomic mass is 10.1. The summed E-state index contributed by atoms with van der Waals surface area (Å²) in [5.74, 6) is 0.424. The molecule has 2 aliphatic rings. The van der Waals surface area contributed by atoms with E-state index in [1.807, 2.05) is 29.2 Å². The minimum atomic E-state index is -0.179. The van der Waals surface area contributed by atoms with Gasteiger partial charge in [0.15, 0.2) is 0 Å². The number of carbonyl (C=O) groups is 1. The van der Waals surface area contributed by atoms with Crippen molar-refractivity contribution in [1.29, 1.82) is 0 Å². The average molecular weight is 203 g/mol. The maximum Gasteiger partial charge on any atom is 0.254 e. The molecule has 2 unspecified atom stereocenters. The molecule has 1 aromatic rings. The van der Waals surface area contributed by atoms with E-state index in [4.69, 9.17) is 0 Å². The Hall–Kier alpha value is -1.35. The van der Waals surface area contributed by atoms with Crippen LogP contribution in [-0.4, -0.2) is 28.6 Å². The zero-order valence-corrected chi connectivity index (χ0v) is 8.39. The summed E-state index contributed by atoms with van der Waals surface area (Å²) in [5.41, 5.74) is 1.94. The zero-order valence-electron chi connectivity index (χ0n) is 8.39. The molecule has 1 aliphatic heterocycles. The van der Waals surface area contributed by atoms with Crippen LogP contribution in [0.1, 0.15) is 22.3 Å². The quantitative estimate of drug-likeness (QED) is 0.779. The van der Waals surface area contributed by atoms with E-state index < -0.39 is 0 Å². The van der Waals surface area contributed by atoms with Crippen molar-refractivity contribution in [2.24, 2.45) is 5.92 Å². The van der Waals surface area contributed by atoms with Gasteiger partial charge in [-0.1, -0.05) is 18.2 Å². The van der Waals surface area contributed by atoms with Crippen LogP contribution in [0.3, 0.4) is 0 Å². The first-order valence-corrected chi connectivity index (χ1v) is 5.31. The second kappa shape index (κ2) is 3.07. The van der Waals surface area contributed by atoms with E-state index in [0.29, 0.717) is 19.0 Å². The third-order valence-corrected chi connectivity index (χ3v) is 3.24. The first kappa shape index (κ1) is 8.92. The molecule has 1 amide bonds. The minimum absolute atomic E-state index is 0.115. The number of rotatable bonds is 2. The van der Waals surface area contributed by atoms with Crippen molar-refractivity contribution in [2.45, 2.75) is 19.1 Å². The van der Waals surface area contributed by atoms with Gasteiger partial charge in [-0.3, -0.25) is 4.79 Å². The van der Waals surface area contributed by atoms with Crippen molar-refractivity contribution in [2.75, 3.05) is 6.54 Å². The average Bonchev–Trinajstić information content (AvgIpc) is 2.83. The maximum absolute atomic E-state index is 11.9. The van der Waals surface area contributed by atoms with E-state index in [9.17, 15) is 9.90 Å². The van der Waals surface area contributed by atoms with Gasteiger partial charge >= 0.3 is 0 Å². The van der Waals surface area contributed by atoms with Gasteiger partial charge in [0.05, 0.1) is 6.10 Å². The number of aliphatic hydroxyl groups is 1. The van der Waals surface area contributed by atoms with Crippen LogP contribution < -0.4 is 0 Å². The Morgan fingerprint density at radius 1 is 1.40 bits per heavy atom. The fraction of sp³-hybridized carbons (Fsp3) is 0.417. The highest BCUT2D eigenvalue weighted by atomic mass is 16.3. The van der Waals surface area contributed by atoms with Gasteiger partial charge in [-0.25, -0.2) is 0 Å². The molecule has 1 fully saturated rings. The molecule has 0 saturated heterocycles. The fourth-order valence-corrected chi connectivity index (χ4v) is 2.17. The van der Waals surface area contributed by atoms with Crippen LogP contribution in [0.4, 0.5) is 0 Å². The Labute approximate surface area is 88.3 Å². The van der Waals surface area contributed by atoms with Crippen LogP contribution in [0, 0.1) is 5.92 Å². The van der Waals surface area contributed by atoms with E-state index in [0.717, 1.165) is 17.5 Å². The molecular weight excluding hydrogens is 190 g/mol. The largest absolute Gasteiger partial charge is 0.393 e. The van der Waals surface area contributed by atoms with E-state index >= 15 is 0 Å². The summed E-state index contributed by atoms with van der Waals surface area (Å²) in [5, 5.41) is 9.25. The molecule has 1 heterocycles. The van der Waals surface area contributed by atoms with Gasteiger partial charge in [-0.15, -0.1) is 0 Å². The molecule has 3 nitrogen and oxygen atoms in total. The molecule has 1 N–H and O–H groups in total. The smallest absolute Gasteiger partial charge is 0.254 e. The number of fused-ring (bicyclic) bond motifs is 1. The summed E-state index contributed by atoms with van der Waals surface area (Å²) in [4.78, 5) is 13.7. The summed E-state index contributed by atoms with van der Waals surface area (Å²) in [6, 6.07) is 7.73. The lowest BCUT2D eigenvalue weighted by Gasteiger charge is -2.14. The van der Waals surface area contributed by atoms with Crippen molar-refractivity contribution < 1.29 is 9.90 Å². The van der Waals surface area contributed by atoms with Crippen LogP contribution in [0.5, 0.6) is 0 Å². The second-order valence-electron chi connectivity index (χ2n) is 4.41. The molecule has 0 spiro atoms. The van der Waals surface area contributed by atoms with E-state index in [1.54, 1.807) is 0 Å². The highest BCUT2D eigenvalue weighted by Gasteiger charge is 2.39. The lowest BCUT2D eigenvalue weighted by molar-refractivity contribution is 0.0762. The van der Waals surface area contributed by atoms with Crippen molar-refractivity contribution >= 4 is 5.91 Å². The molecule has 0 aromatic heterocycles. The van der Waals surface area contributed by atoms with E-state index in [2.05, 4.69) is 0 Å². The Morgan fingerprint density at radius 3 is 2.80 bits per heavy atom. The monoisotopic (exact) mass is 203 g/mol. The molecule has 1 aliphatic carbocycles. The van der Waals surface area contributed by atoms with Gasteiger partial charge in [0, 0.05) is 24.6 Å². The summed E-state index contributed by atoms with van der Waals surface area (Å²) < 4.78 is 0. The number of hydrogen-bond acceptors (Lipinski definition) is 2. The third-order valence-electron chi connectivity index (χ3n) is 3.24. The van der Waals surface area contributed by atoms with Gasteiger partial charge in [0.25, 0.3) is 5.91 Å². The lowest BCUT2D eigenvalue weighted by Crippen LogP contribution is -2.26. The molecular formula is C12H13NO2. The maximum atomic E-state index is 11.9. The highest BCUT2D eigenvalue weighted by molar-refractivity contribution is 5.98. The summed E-state index contributed by atoms with van der Waals surface area (Å²) in [6.07, 6.45) is 0.668. The molecule has 1 aromatic carbocycles. The zero-order chi connectivity index (χ0) is 10.4. The van der Waals surface area contributed by atoms with Crippen molar-refractivity contribution in [3.8, 4) is 0 Å². The summed E-state index contributed by atoms with van der Waals surface area (Å²) in [7, 11) is 0. The Bertz CT molecular complexity index is 416. The predicted octanol–water partition coefficient (Wildman–Crippen LogP) is 1.02. The molecule has 3 rings (SSSR count). The van der Waals surface area contributed by atoms with Gasteiger partial charge < -0.3 is 10.0 Å². The number of benzene rings is 1. The first-order chi connectivity index (χ1) is 7.25. The van der Waals surface area contributed by atoms with Crippen LogP contribution in [-0.2, 0) is 6.54 Å². The van der Waals surface area contributed by atoms with Crippen LogP contribution in [0.15, 0.2) is 24.3 Å². The molecule has 3 heteroatoms. The predicted molar refractivity (Wildman–Crippen MR) is 55.3 cm³/mol.